The predicted molar refractivity (Wildman–Crippen MR) is 94.0 cm³/mol. The average molecular weight is 335 g/mol. The van der Waals surface area contributed by atoms with Gasteiger partial charge in [0.2, 0.25) is 0 Å². The Labute approximate surface area is 145 Å². The fourth-order valence-electron chi connectivity index (χ4n) is 3.03. The molecule has 1 aliphatic carbocycles. The van der Waals surface area contributed by atoms with E-state index < -0.39 is 0 Å². The highest BCUT2D eigenvalue weighted by Gasteiger charge is 2.23. The Morgan fingerprint density at radius 1 is 1.04 bits per heavy atom. The number of rotatable bonds is 3. The highest BCUT2D eigenvalue weighted by Crippen LogP contribution is 2.39. The van der Waals surface area contributed by atoms with E-state index in [1.54, 1.807) is 36.3 Å². The van der Waals surface area contributed by atoms with Crippen molar-refractivity contribution in [1.82, 2.24) is 9.97 Å². The third kappa shape index (κ3) is 3.20. The predicted octanol–water partition coefficient (Wildman–Crippen LogP) is 3.89. The molecular weight excluding hydrogens is 318 g/mol. The lowest BCUT2D eigenvalue weighted by Gasteiger charge is -2.22. The van der Waals surface area contributed by atoms with Crippen molar-refractivity contribution in [2.75, 3.05) is 5.73 Å². The van der Waals surface area contributed by atoms with Gasteiger partial charge in [0.05, 0.1) is 5.56 Å². The van der Waals surface area contributed by atoms with E-state index in [1.165, 1.54) is 19.3 Å². The maximum atomic E-state index is 9.73. The number of nitriles is 2. The normalized spacial score (nSPS) is 14.8. The Bertz CT molecular complexity index is 814. The van der Waals surface area contributed by atoms with Crippen molar-refractivity contribution in [2.45, 2.75) is 42.4 Å². The summed E-state index contributed by atoms with van der Waals surface area (Å²) in [5.74, 6) is 0.182. The van der Waals surface area contributed by atoms with Crippen LogP contribution in [0.4, 0.5) is 5.82 Å². The number of hydrogen-bond donors (Lipinski definition) is 1. The molecule has 120 valence electrons. The fraction of sp³-hybridized carbons (Fsp3) is 0.333. The van der Waals surface area contributed by atoms with Crippen LogP contribution in [-0.2, 0) is 0 Å². The van der Waals surface area contributed by atoms with Gasteiger partial charge in [-0.05, 0) is 30.5 Å². The number of pyridine rings is 2. The minimum Gasteiger partial charge on any atom is -0.383 e. The van der Waals surface area contributed by atoms with E-state index in [2.05, 4.69) is 22.1 Å². The van der Waals surface area contributed by atoms with Crippen LogP contribution in [-0.4, -0.2) is 15.2 Å². The second-order valence-corrected chi connectivity index (χ2v) is 7.05. The molecule has 0 amide bonds. The summed E-state index contributed by atoms with van der Waals surface area (Å²) in [6.07, 6.45) is 9.23. The van der Waals surface area contributed by atoms with Gasteiger partial charge in [0.1, 0.15) is 28.5 Å². The van der Waals surface area contributed by atoms with Crippen LogP contribution < -0.4 is 5.73 Å². The molecule has 24 heavy (non-hydrogen) atoms. The van der Waals surface area contributed by atoms with Crippen molar-refractivity contribution < 1.29 is 0 Å². The Balaban J connectivity index is 2.12. The molecule has 5 nitrogen and oxygen atoms in total. The monoisotopic (exact) mass is 335 g/mol. The van der Waals surface area contributed by atoms with Gasteiger partial charge in [0, 0.05) is 23.2 Å². The molecule has 0 aromatic carbocycles. The summed E-state index contributed by atoms with van der Waals surface area (Å²) in [6.45, 7) is 0. The largest absolute Gasteiger partial charge is 0.383 e. The van der Waals surface area contributed by atoms with Crippen molar-refractivity contribution in [3.63, 3.8) is 0 Å². The summed E-state index contributed by atoms with van der Waals surface area (Å²) < 4.78 is 0. The molecule has 0 unspecified atom stereocenters. The molecular formula is C18H17N5S. The molecule has 1 fully saturated rings. The first-order valence-corrected chi connectivity index (χ1v) is 8.83. The Morgan fingerprint density at radius 3 is 2.33 bits per heavy atom. The average Bonchev–Trinajstić information content (AvgIpc) is 2.63. The van der Waals surface area contributed by atoms with Gasteiger partial charge < -0.3 is 5.73 Å². The molecule has 0 radical (unpaired) electrons. The van der Waals surface area contributed by atoms with Crippen molar-refractivity contribution in [2.24, 2.45) is 0 Å². The second kappa shape index (κ2) is 7.33. The Kier molecular flexibility index (Phi) is 4.98. The van der Waals surface area contributed by atoms with E-state index in [1.807, 2.05) is 0 Å². The number of nitrogens with zero attached hydrogens (tertiary/aromatic N) is 4. The summed E-state index contributed by atoms with van der Waals surface area (Å²) in [6, 6.07) is 7.91. The smallest absolute Gasteiger partial charge is 0.143 e. The zero-order valence-electron chi connectivity index (χ0n) is 13.2. The molecule has 0 saturated heterocycles. The highest BCUT2D eigenvalue weighted by atomic mass is 32.2. The van der Waals surface area contributed by atoms with Crippen LogP contribution in [0, 0.1) is 22.7 Å². The summed E-state index contributed by atoms with van der Waals surface area (Å²) in [5, 5.41) is 20.3. The Morgan fingerprint density at radius 2 is 1.71 bits per heavy atom. The van der Waals surface area contributed by atoms with Crippen LogP contribution in [0.3, 0.4) is 0 Å². The first-order chi connectivity index (χ1) is 11.7. The van der Waals surface area contributed by atoms with Crippen LogP contribution in [0.25, 0.3) is 11.1 Å². The SMILES string of the molecule is N#Cc1c(N)nc(SC2CCCCC2)c(C#N)c1-c1ccncc1. The van der Waals surface area contributed by atoms with E-state index in [0.717, 1.165) is 18.4 Å². The van der Waals surface area contributed by atoms with Crippen LogP contribution >= 0.6 is 11.8 Å². The maximum absolute atomic E-state index is 9.73. The number of hydrogen-bond acceptors (Lipinski definition) is 6. The van der Waals surface area contributed by atoms with Gasteiger partial charge >= 0.3 is 0 Å². The zero-order valence-corrected chi connectivity index (χ0v) is 14.0. The first-order valence-electron chi connectivity index (χ1n) is 7.95. The topological polar surface area (TPSA) is 99.4 Å². The van der Waals surface area contributed by atoms with E-state index in [-0.39, 0.29) is 11.4 Å². The Hall–Kier alpha value is -2.57. The van der Waals surface area contributed by atoms with Crippen LogP contribution in [0.5, 0.6) is 0 Å². The molecule has 0 aliphatic heterocycles. The molecule has 0 spiro atoms. The third-order valence-corrected chi connectivity index (χ3v) is 5.54. The molecule has 2 aromatic rings. The summed E-state index contributed by atoms with van der Waals surface area (Å²) in [5.41, 5.74) is 8.04. The zero-order chi connectivity index (χ0) is 16.9. The van der Waals surface area contributed by atoms with Crippen molar-refractivity contribution in [3.05, 3.63) is 35.7 Å². The van der Waals surface area contributed by atoms with Gasteiger partial charge in [-0.25, -0.2) is 4.98 Å². The number of thioether (sulfide) groups is 1. The van der Waals surface area contributed by atoms with Crippen LogP contribution in [0.1, 0.15) is 43.2 Å². The maximum Gasteiger partial charge on any atom is 0.143 e. The van der Waals surface area contributed by atoms with Crippen LogP contribution in [0.15, 0.2) is 29.6 Å². The summed E-state index contributed by atoms with van der Waals surface area (Å²) in [4.78, 5) is 8.38. The van der Waals surface area contributed by atoms with Gasteiger partial charge in [-0.1, -0.05) is 19.3 Å². The minimum atomic E-state index is 0.182. The number of nitrogens with two attached hydrogens (primary N) is 1. The molecule has 2 heterocycles. The fourth-order valence-corrected chi connectivity index (χ4v) is 4.33. The molecule has 6 heteroatoms. The van der Waals surface area contributed by atoms with Gasteiger partial charge in [-0.2, -0.15) is 10.5 Å². The third-order valence-electron chi connectivity index (χ3n) is 4.22. The molecule has 3 rings (SSSR count). The lowest BCUT2D eigenvalue weighted by Crippen LogP contribution is -2.10. The standard InChI is InChI=1S/C18H17N5S/c19-10-14-16(12-6-8-22-9-7-12)15(11-20)18(23-17(14)21)24-13-4-2-1-3-5-13/h6-9,13H,1-5H2,(H2,21,23). The lowest BCUT2D eigenvalue weighted by molar-refractivity contribution is 0.515. The summed E-state index contributed by atoms with van der Waals surface area (Å²) >= 11 is 1.62. The molecule has 0 atom stereocenters. The highest BCUT2D eigenvalue weighted by molar-refractivity contribution is 7.99. The lowest BCUT2D eigenvalue weighted by atomic mass is 9.98. The van der Waals surface area contributed by atoms with E-state index in [0.29, 0.717) is 21.4 Å². The molecule has 1 saturated carbocycles. The van der Waals surface area contributed by atoms with E-state index >= 15 is 0 Å². The molecule has 2 aromatic heterocycles. The van der Waals surface area contributed by atoms with E-state index in [9.17, 15) is 10.5 Å². The number of aromatic nitrogens is 2. The first kappa shape index (κ1) is 16.3. The molecule has 1 aliphatic rings. The number of nitrogen functional groups attached to an aromatic ring is 1. The summed E-state index contributed by atoms with van der Waals surface area (Å²) in [7, 11) is 0. The minimum absolute atomic E-state index is 0.182. The van der Waals surface area contributed by atoms with Gasteiger partial charge in [-0.15, -0.1) is 11.8 Å². The van der Waals surface area contributed by atoms with Crippen molar-refractivity contribution in [3.8, 4) is 23.3 Å². The van der Waals surface area contributed by atoms with E-state index in [4.69, 9.17) is 5.73 Å². The van der Waals surface area contributed by atoms with Gasteiger partial charge in [0.25, 0.3) is 0 Å². The quantitative estimate of drug-likeness (QED) is 0.913. The molecule has 0 bridgehead atoms. The number of anilines is 1. The van der Waals surface area contributed by atoms with Gasteiger partial charge in [-0.3, -0.25) is 4.98 Å². The second-order valence-electron chi connectivity index (χ2n) is 5.76. The van der Waals surface area contributed by atoms with Gasteiger partial charge in [0.15, 0.2) is 0 Å². The van der Waals surface area contributed by atoms with Crippen molar-refractivity contribution >= 4 is 17.6 Å². The van der Waals surface area contributed by atoms with Crippen molar-refractivity contribution in [1.29, 1.82) is 10.5 Å². The van der Waals surface area contributed by atoms with Crippen LogP contribution in [0.2, 0.25) is 0 Å². The molecule has 2 N–H and O–H groups in total.